The summed E-state index contributed by atoms with van der Waals surface area (Å²) in [5.41, 5.74) is -0.380. The molecule has 0 amide bonds. The van der Waals surface area contributed by atoms with Crippen molar-refractivity contribution in [1.82, 2.24) is 15.0 Å². The summed E-state index contributed by atoms with van der Waals surface area (Å²) < 4.78 is 80.4. The number of allylic oxidation sites excluding steroid dienone is 1. The fourth-order valence-corrected chi connectivity index (χ4v) is 2.48. The molecule has 0 unspecified atom stereocenters. The quantitative estimate of drug-likeness (QED) is 0.695. The van der Waals surface area contributed by atoms with Crippen molar-refractivity contribution >= 4 is 17.5 Å². The Bertz CT molecular complexity index is 739. The summed E-state index contributed by atoms with van der Waals surface area (Å²) in [5, 5.41) is 12.3. The average molecular weight is 413 g/mol. The molecule has 1 heterocycles. The highest BCUT2D eigenvalue weighted by atomic mass is 19.4. The van der Waals surface area contributed by atoms with E-state index in [1.165, 1.54) is 0 Å². The molecule has 0 saturated heterocycles. The van der Waals surface area contributed by atoms with Crippen LogP contribution < -0.4 is 10.2 Å². The van der Waals surface area contributed by atoms with Crippen molar-refractivity contribution in [2.24, 2.45) is 0 Å². The number of hydrogen-bond acceptors (Lipinski definition) is 6. The van der Waals surface area contributed by atoms with Gasteiger partial charge in [-0.15, -0.1) is 0 Å². The predicted molar refractivity (Wildman–Crippen MR) is 90.7 cm³/mol. The summed E-state index contributed by atoms with van der Waals surface area (Å²) >= 11 is 0. The number of aliphatic hydroxyl groups excluding tert-OH is 1. The third-order valence-corrected chi connectivity index (χ3v) is 4.43. The maximum atomic E-state index is 14.3. The minimum atomic E-state index is -4.58. The van der Waals surface area contributed by atoms with Gasteiger partial charge in [-0.25, -0.2) is 13.2 Å². The molecule has 1 aliphatic carbocycles. The molecule has 2 rings (SSSR count). The number of aromatic nitrogens is 3. The van der Waals surface area contributed by atoms with Crippen LogP contribution in [0.1, 0.15) is 38.9 Å². The lowest BCUT2D eigenvalue weighted by atomic mass is 9.92. The van der Waals surface area contributed by atoms with Gasteiger partial charge in [-0.05, 0) is 19.8 Å². The third kappa shape index (κ3) is 4.65. The molecule has 2 N–H and O–H groups in total. The predicted octanol–water partition coefficient (Wildman–Crippen LogP) is 3.55. The molecule has 0 fully saturated rings. The Morgan fingerprint density at radius 1 is 1.29 bits per heavy atom. The molecule has 0 spiro atoms. The summed E-state index contributed by atoms with van der Waals surface area (Å²) in [6.45, 7) is 3.10. The smallest absolute Gasteiger partial charge is 0.380 e. The van der Waals surface area contributed by atoms with E-state index in [0.717, 1.165) is 18.9 Å². The van der Waals surface area contributed by atoms with Crippen LogP contribution >= 0.6 is 0 Å². The molecule has 1 aromatic rings. The van der Waals surface area contributed by atoms with E-state index in [1.807, 2.05) is 6.92 Å². The second-order valence-corrected chi connectivity index (χ2v) is 6.53. The van der Waals surface area contributed by atoms with Gasteiger partial charge in [0.25, 0.3) is 5.92 Å². The van der Waals surface area contributed by atoms with E-state index >= 15 is 0 Å². The highest BCUT2D eigenvalue weighted by molar-refractivity contribution is 5.66. The van der Waals surface area contributed by atoms with E-state index in [4.69, 9.17) is 0 Å². The Morgan fingerprint density at radius 2 is 1.93 bits per heavy atom. The Hall–Kier alpha value is -2.11. The number of hydrogen-bond donors (Lipinski definition) is 2. The van der Waals surface area contributed by atoms with Crippen LogP contribution in [0.5, 0.6) is 0 Å². The Kier molecular flexibility index (Phi) is 6.41. The second-order valence-electron chi connectivity index (χ2n) is 6.53. The summed E-state index contributed by atoms with van der Waals surface area (Å²) in [4.78, 5) is 12.4. The summed E-state index contributed by atoms with van der Waals surface area (Å²) in [6, 6.07) is -1.96. The molecule has 6 nitrogen and oxygen atoms in total. The number of rotatable bonds is 6. The molecular formula is C16H21F6N5O. The van der Waals surface area contributed by atoms with Crippen LogP contribution in [0.2, 0.25) is 0 Å². The first kappa shape index (κ1) is 22.2. The van der Waals surface area contributed by atoms with Crippen LogP contribution in [0.4, 0.5) is 38.2 Å². The molecule has 28 heavy (non-hydrogen) atoms. The number of aliphatic hydroxyl groups is 1. The van der Waals surface area contributed by atoms with Crippen molar-refractivity contribution in [2.45, 2.75) is 57.4 Å². The number of nitrogens with zero attached hydrogens (tertiary/aromatic N) is 4. The molecule has 2 atom stereocenters. The minimum absolute atomic E-state index is 0.116. The van der Waals surface area contributed by atoms with Crippen LogP contribution in [-0.2, 0) is 0 Å². The Labute approximate surface area is 157 Å². The molecule has 0 saturated carbocycles. The summed E-state index contributed by atoms with van der Waals surface area (Å²) in [5.74, 6) is -6.05. The van der Waals surface area contributed by atoms with Gasteiger partial charge in [-0.2, -0.15) is 28.1 Å². The van der Waals surface area contributed by atoms with Crippen molar-refractivity contribution < 1.29 is 31.4 Å². The van der Waals surface area contributed by atoms with Crippen molar-refractivity contribution in [3.8, 4) is 0 Å². The number of alkyl halides is 5. The van der Waals surface area contributed by atoms with E-state index in [2.05, 4.69) is 20.3 Å². The SMILES string of the molecule is CCCNc1nc(C2=C(F)[C@H](O)C(F)(F)CC2)nc(N(C)[C@H](C)C(F)(F)F)n1. The lowest BCUT2D eigenvalue weighted by molar-refractivity contribution is -0.144. The van der Waals surface area contributed by atoms with Crippen LogP contribution in [0.15, 0.2) is 5.83 Å². The standard InChI is InChI=1S/C16H21F6N5O/c1-4-7-23-13-24-12(9-5-6-15(18,19)11(28)10(9)17)25-14(26-13)27(3)8(2)16(20,21)22/h8,11,28H,4-7H2,1-3H3,(H,23,24,25,26)/t8-,11+/m1/s1. The largest absolute Gasteiger partial charge is 0.408 e. The fraction of sp³-hybridized carbons (Fsp3) is 0.688. The van der Waals surface area contributed by atoms with Gasteiger partial charge in [0, 0.05) is 25.6 Å². The lowest BCUT2D eigenvalue weighted by Crippen LogP contribution is -2.42. The first-order valence-corrected chi connectivity index (χ1v) is 8.62. The first-order chi connectivity index (χ1) is 12.9. The molecule has 158 valence electrons. The maximum Gasteiger partial charge on any atom is 0.408 e. The fourth-order valence-electron chi connectivity index (χ4n) is 2.48. The van der Waals surface area contributed by atoms with E-state index < -0.39 is 54.7 Å². The topological polar surface area (TPSA) is 74.2 Å². The molecule has 0 aromatic carbocycles. The molecule has 0 bridgehead atoms. The highest BCUT2D eigenvalue weighted by Gasteiger charge is 2.46. The lowest BCUT2D eigenvalue weighted by Gasteiger charge is -2.29. The Balaban J connectivity index is 2.51. The van der Waals surface area contributed by atoms with Gasteiger partial charge in [0.2, 0.25) is 11.9 Å². The average Bonchev–Trinajstić information content (AvgIpc) is 2.62. The molecule has 0 radical (unpaired) electrons. The highest BCUT2D eigenvalue weighted by Crippen LogP contribution is 2.41. The van der Waals surface area contributed by atoms with Crippen molar-refractivity contribution in [3.05, 3.63) is 11.7 Å². The van der Waals surface area contributed by atoms with Gasteiger partial charge in [-0.1, -0.05) is 6.92 Å². The maximum absolute atomic E-state index is 14.3. The van der Waals surface area contributed by atoms with Crippen molar-refractivity contribution in [3.63, 3.8) is 0 Å². The monoisotopic (exact) mass is 413 g/mol. The molecule has 12 heteroatoms. The molecule has 1 aromatic heterocycles. The summed E-state index contributed by atoms with van der Waals surface area (Å²) in [7, 11) is 1.11. The summed E-state index contributed by atoms with van der Waals surface area (Å²) in [6.07, 6.45) is -7.91. The number of halogens is 6. The van der Waals surface area contributed by atoms with Gasteiger partial charge in [0.15, 0.2) is 11.9 Å². The van der Waals surface area contributed by atoms with Crippen LogP contribution in [0.25, 0.3) is 5.57 Å². The van der Waals surface area contributed by atoms with Crippen molar-refractivity contribution in [2.75, 3.05) is 23.8 Å². The Morgan fingerprint density at radius 3 is 2.50 bits per heavy atom. The van der Waals surface area contributed by atoms with E-state index in [0.29, 0.717) is 13.0 Å². The van der Waals surface area contributed by atoms with E-state index in [9.17, 15) is 31.4 Å². The van der Waals surface area contributed by atoms with Gasteiger partial charge in [0.1, 0.15) is 11.9 Å². The normalized spacial score (nSPS) is 20.9. The molecule has 0 aliphatic heterocycles. The first-order valence-electron chi connectivity index (χ1n) is 8.62. The zero-order valence-electron chi connectivity index (χ0n) is 15.5. The third-order valence-electron chi connectivity index (χ3n) is 4.43. The second kappa shape index (κ2) is 8.10. The van der Waals surface area contributed by atoms with E-state index in [1.54, 1.807) is 0 Å². The van der Waals surface area contributed by atoms with E-state index in [-0.39, 0.29) is 11.5 Å². The van der Waals surface area contributed by atoms with Crippen LogP contribution in [0, 0.1) is 0 Å². The number of nitrogens with one attached hydrogen (secondary N) is 1. The van der Waals surface area contributed by atoms with Gasteiger partial charge >= 0.3 is 6.18 Å². The van der Waals surface area contributed by atoms with Gasteiger partial charge < -0.3 is 15.3 Å². The van der Waals surface area contributed by atoms with Crippen LogP contribution in [0.3, 0.4) is 0 Å². The number of anilines is 2. The zero-order chi connectivity index (χ0) is 21.3. The molecular weight excluding hydrogens is 392 g/mol. The van der Waals surface area contributed by atoms with Crippen LogP contribution in [-0.4, -0.2) is 57.9 Å². The zero-order valence-corrected chi connectivity index (χ0v) is 15.5. The molecule has 1 aliphatic rings. The van der Waals surface area contributed by atoms with Gasteiger partial charge in [0.05, 0.1) is 0 Å². The minimum Gasteiger partial charge on any atom is -0.380 e. The van der Waals surface area contributed by atoms with Gasteiger partial charge in [-0.3, -0.25) is 0 Å². The van der Waals surface area contributed by atoms with Crippen molar-refractivity contribution in [1.29, 1.82) is 0 Å².